The summed E-state index contributed by atoms with van der Waals surface area (Å²) >= 11 is 0. The lowest BCUT2D eigenvalue weighted by molar-refractivity contribution is -0.117. The molecule has 0 spiro atoms. The van der Waals surface area contributed by atoms with Crippen LogP contribution in [0.3, 0.4) is 0 Å². The fourth-order valence-electron chi connectivity index (χ4n) is 3.71. The molecule has 0 aliphatic rings. The number of imidazole rings is 1. The molecule has 0 saturated heterocycles. The van der Waals surface area contributed by atoms with Crippen LogP contribution in [0.1, 0.15) is 29.8 Å². The number of nitrogens with one attached hydrogen (secondary N) is 1. The van der Waals surface area contributed by atoms with Crippen LogP contribution in [0.4, 0.5) is 14.7 Å². The Labute approximate surface area is 208 Å². The Hall–Kier alpha value is -4.33. The van der Waals surface area contributed by atoms with Crippen LogP contribution in [0, 0.1) is 18.6 Å². The molecule has 2 amide bonds. The minimum atomic E-state index is -0.474. The lowest BCUT2D eigenvalue weighted by Gasteiger charge is -2.26. The molecular formula is C28H26F2N4O2. The highest BCUT2D eigenvalue weighted by Gasteiger charge is 2.23. The van der Waals surface area contributed by atoms with E-state index in [1.165, 1.54) is 35.2 Å². The van der Waals surface area contributed by atoms with Gasteiger partial charge in [-0.3, -0.25) is 19.5 Å². The number of halogens is 2. The van der Waals surface area contributed by atoms with Gasteiger partial charge in [0.1, 0.15) is 18.2 Å². The summed E-state index contributed by atoms with van der Waals surface area (Å²) in [6, 6.07) is 19.1. The fraction of sp³-hybridized carbons (Fsp3) is 0.179. The van der Waals surface area contributed by atoms with Crippen molar-refractivity contribution in [2.24, 2.45) is 0 Å². The smallest absolute Gasteiger partial charge is 0.254 e. The molecule has 0 saturated carbocycles. The number of hydrogen-bond donors (Lipinski definition) is 1. The van der Waals surface area contributed by atoms with Crippen molar-refractivity contribution in [3.8, 4) is 16.9 Å². The van der Waals surface area contributed by atoms with Crippen LogP contribution >= 0.6 is 0 Å². The highest BCUT2D eigenvalue weighted by atomic mass is 19.1. The molecule has 3 aromatic carbocycles. The molecule has 1 heterocycles. The molecule has 36 heavy (non-hydrogen) atoms. The number of carbonyl (C=O) groups excluding carboxylic acids is 2. The number of amides is 2. The highest BCUT2D eigenvalue weighted by Crippen LogP contribution is 2.25. The van der Waals surface area contributed by atoms with E-state index in [4.69, 9.17) is 0 Å². The topological polar surface area (TPSA) is 67.2 Å². The summed E-state index contributed by atoms with van der Waals surface area (Å²) in [5.74, 6) is -1.50. The zero-order valence-electron chi connectivity index (χ0n) is 20.2. The van der Waals surface area contributed by atoms with E-state index < -0.39 is 17.6 Å². The minimum absolute atomic E-state index is 0.194. The number of benzene rings is 3. The predicted octanol–water partition coefficient (Wildman–Crippen LogP) is 5.62. The number of anilines is 1. The second-order valence-corrected chi connectivity index (χ2v) is 8.70. The molecule has 0 atom stereocenters. The average molecular weight is 489 g/mol. The maximum atomic E-state index is 14.3. The van der Waals surface area contributed by atoms with Crippen LogP contribution in [0.2, 0.25) is 0 Å². The molecular weight excluding hydrogens is 462 g/mol. The first-order valence-electron chi connectivity index (χ1n) is 11.5. The SMILES string of the molecule is Cc1ccc(-n2cc(-c3ccccc3)nc2NC(=O)CN(C(=O)c2ccc(F)cc2)C(C)C)cc1F. The molecule has 1 N–H and O–H groups in total. The Bertz CT molecular complexity index is 1380. The number of aromatic nitrogens is 2. The molecule has 0 bridgehead atoms. The van der Waals surface area contributed by atoms with Crippen molar-refractivity contribution in [3.63, 3.8) is 0 Å². The van der Waals surface area contributed by atoms with Gasteiger partial charge in [0.2, 0.25) is 11.9 Å². The number of rotatable bonds is 7. The largest absolute Gasteiger partial charge is 0.327 e. The lowest BCUT2D eigenvalue weighted by Crippen LogP contribution is -2.42. The van der Waals surface area contributed by atoms with E-state index in [1.54, 1.807) is 43.7 Å². The quantitative estimate of drug-likeness (QED) is 0.367. The van der Waals surface area contributed by atoms with E-state index in [2.05, 4.69) is 10.3 Å². The maximum Gasteiger partial charge on any atom is 0.254 e. The number of nitrogens with zero attached hydrogens (tertiary/aromatic N) is 3. The van der Waals surface area contributed by atoms with E-state index in [1.807, 2.05) is 30.3 Å². The highest BCUT2D eigenvalue weighted by molar-refractivity contribution is 5.99. The van der Waals surface area contributed by atoms with Crippen LogP contribution in [-0.4, -0.2) is 38.9 Å². The van der Waals surface area contributed by atoms with Crippen molar-refractivity contribution in [1.82, 2.24) is 14.5 Å². The summed E-state index contributed by atoms with van der Waals surface area (Å²) < 4.78 is 29.2. The molecule has 184 valence electrons. The normalized spacial score (nSPS) is 10.9. The van der Waals surface area contributed by atoms with Gasteiger partial charge in [0, 0.05) is 23.4 Å². The zero-order chi connectivity index (χ0) is 25.8. The van der Waals surface area contributed by atoms with Gasteiger partial charge in [0.05, 0.1) is 11.4 Å². The molecule has 0 unspecified atom stereocenters. The van der Waals surface area contributed by atoms with Gasteiger partial charge < -0.3 is 4.90 Å². The third-order valence-corrected chi connectivity index (χ3v) is 5.75. The Morgan fingerprint density at radius 2 is 1.69 bits per heavy atom. The predicted molar refractivity (Wildman–Crippen MR) is 135 cm³/mol. The van der Waals surface area contributed by atoms with Crippen molar-refractivity contribution >= 4 is 17.8 Å². The first-order chi connectivity index (χ1) is 17.2. The monoisotopic (exact) mass is 488 g/mol. The number of aryl methyl sites for hydroxylation is 1. The van der Waals surface area contributed by atoms with Gasteiger partial charge in [-0.1, -0.05) is 36.4 Å². The second-order valence-electron chi connectivity index (χ2n) is 8.70. The van der Waals surface area contributed by atoms with Gasteiger partial charge in [-0.2, -0.15) is 0 Å². The van der Waals surface area contributed by atoms with E-state index in [0.29, 0.717) is 16.9 Å². The molecule has 0 aliphatic carbocycles. The summed E-state index contributed by atoms with van der Waals surface area (Å²) in [7, 11) is 0. The standard InChI is InChI=1S/C28H26F2N4O2/c1-18(2)33(27(36)21-10-12-22(29)13-11-21)17-26(35)32-28-31-25(20-7-5-4-6-8-20)16-34(28)23-14-9-19(3)24(30)15-23/h4-16,18H,17H2,1-3H3,(H,31,32,35). The molecule has 4 rings (SSSR count). The molecule has 0 aliphatic heterocycles. The van der Waals surface area contributed by atoms with Gasteiger partial charge in [0.15, 0.2) is 0 Å². The van der Waals surface area contributed by atoms with E-state index in [0.717, 1.165) is 5.56 Å². The summed E-state index contributed by atoms with van der Waals surface area (Å²) in [5, 5.41) is 2.77. The van der Waals surface area contributed by atoms with Gasteiger partial charge >= 0.3 is 0 Å². The van der Waals surface area contributed by atoms with Crippen LogP contribution in [0.5, 0.6) is 0 Å². The van der Waals surface area contributed by atoms with Crippen LogP contribution in [0.15, 0.2) is 79.0 Å². The molecule has 0 radical (unpaired) electrons. The first-order valence-corrected chi connectivity index (χ1v) is 11.5. The number of carbonyl (C=O) groups is 2. The van der Waals surface area contributed by atoms with Crippen molar-refractivity contribution in [1.29, 1.82) is 0 Å². The van der Waals surface area contributed by atoms with Crippen LogP contribution < -0.4 is 5.32 Å². The van der Waals surface area contributed by atoms with Gasteiger partial charge in [0.25, 0.3) is 5.91 Å². The minimum Gasteiger partial charge on any atom is -0.327 e. The molecule has 0 fully saturated rings. The summed E-state index contributed by atoms with van der Waals surface area (Å²) in [6.45, 7) is 5.00. The fourth-order valence-corrected chi connectivity index (χ4v) is 3.71. The van der Waals surface area contributed by atoms with E-state index in [9.17, 15) is 18.4 Å². The van der Waals surface area contributed by atoms with Crippen molar-refractivity contribution < 1.29 is 18.4 Å². The third kappa shape index (κ3) is 5.49. The lowest BCUT2D eigenvalue weighted by atomic mass is 10.1. The van der Waals surface area contributed by atoms with Crippen molar-refractivity contribution in [3.05, 3.63) is 102 Å². The maximum absolute atomic E-state index is 14.3. The first kappa shape index (κ1) is 24.8. The summed E-state index contributed by atoms with van der Waals surface area (Å²) in [5.41, 5.74) is 2.69. The summed E-state index contributed by atoms with van der Waals surface area (Å²) in [4.78, 5) is 32.0. The third-order valence-electron chi connectivity index (χ3n) is 5.75. The average Bonchev–Trinajstić information content (AvgIpc) is 3.28. The Balaban J connectivity index is 1.63. The zero-order valence-corrected chi connectivity index (χ0v) is 20.2. The van der Waals surface area contributed by atoms with E-state index in [-0.39, 0.29) is 29.9 Å². The summed E-state index contributed by atoms with van der Waals surface area (Å²) in [6.07, 6.45) is 1.72. The molecule has 4 aromatic rings. The van der Waals surface area contributed by atoms with Crippen molar-refractivity contribution in [2.75, 3.05) is 11.9 Å². The van der Waals surface area contributed by atoms with Gasteiger partial charge in [-0.25, -0.2) is 13.8 Å². The van der Waals surface area contributed by atoms with Crippen LogP contribution in [-0.2, 0) is 4.79 Å². The number of hydrogen-bond acceptors (Lipinski definition) is 3. The van der Waals surface area contributed by atoms with Crippen molar-refractivity contribution in [2.45, 2.75) is 26.8 Å². The Kier molecular flexibility index (Phi) is 7.24. The van der Waals surface area contributed by atoms with Gasteiger partial charge in [-0.15, -0.1) is 0 Å². The molecule has 6 nitrogen and oxygen atoms in total. The Morgan fingerprint density at radius 3 is 2.33 bits per heavy atom. The Morgan fingerprint density at radius 1 is 1.00 bits per heavy atom. The van der Waals surface area contributed by atoms with Gasteiger partial charge in [-0.05, 0) is 62.7 Å². The van der Waals surface area contributed by atoms with Crippen LogP contribution in [0.25, 0.3) is 16.9 Å². The van der Waals surface area contributed by atoms with E-state index >= 15 is 0 Å². The second kappa shape index (κ2) is 10.5. The molecule has 8 heteroatoms. The molecule has 1 aromatic heterocycles.